The van der Waals surface area contributed by atoms with Crippen molar-refractivity contribution < 1.29 is 8.78 Å². The van der Waals surface area contributed by atoms with Crippen LogP contribution in [-0.4, -0.2) is 0 Å². The Morgan fingerprint density at radius 3 is 2.44 bits per heavy atom. The lowest BCUT2D eigenvalue weighted by Crippen LogP contribution is -2.14. The SMILES string of the molecule is C=CCC1CCC(CCc2ccc3c(C#Cc4ccc(Cl)c(F)c4F)cccc3c2)CC1. The molecule has 32 heavy (non-hydrogen) atoms. The van der Waals surface area contributed by atoms with Crippen LogP contribution in [0.4, 0.5) is 8.78 Å². The molecule has 0 bridgehead atoms. The first-order chi connectivity index (χ1) is 15.5. The highest BCUT2D eigenvalue weighted by molar-refractivity contribution is 6.30. The van der Waals surface area contributed by atoms with Gasteiger partial charge in [0.05, 0.1) is 10.6 Å². The normalized spacial score (nSPS) is 18.2. The van der Waals surface area contributed by atoms with E-state index in [1.54, 1.807) is 0 Å². The molecule has 0 amide bonds. The molecule has 3 heteroatoms. The number of hydrogen-bond donors (Lipinski definition) is 0. The minimum Gasteiger partial charge on any atom is -0.202 e. The van der Waals surface area contributed by atoms with E-state index in [0.29, 0.717) is 0 Å². The third-order valence-electron chi connectivity index (χ3n) is 6.62. The lowest BCUT2D eigenvalue weighted by Gasteiger charge is -2.27. The Labute approximate surface area is 194 Å². The number of hydrogen-bond acceptors (Lipinski definition) is 0. The third kappa shape index (κ3) is 5.22. The van der Waals surface area contributed by atoms with Crippen molar-refractivity contribution in [2.45, 2.75) is 44.9 Å². The Hall–Kier alpha value is -2.63. The zero-order valence-electron chi connectivity index (χ0n) is 18.1. The van der Waals surface area contributed by atoms with Crippen molar-refractivity contribution in [3.63, 3.8) is 0 Å². The Kier molecular flexibility index (Phi) is 7.28. The number of allylic oxidation sites excluding steroid dienone is 1. The van der Waals surface area contributed by atoms with E-state index in [-0.39, 0.29) is 10.6 Å². The lowest BCUT2D eigenvalue weighted by atomic mass is 9.78. The summed E-state index contributed by atoms with van der Waals surface area (Å²) in [5.41, 5.74) is 2.13. The highest BCUT2D eigenvalue weighted by Gasteiger charge is 2.20. The average molecular weight is 449 g/mol. The number of aryl methyl sites for hydroxylation is 1. The summed E-state index contributed by atoms with van der Waals surface area (Å²) in [6.07, 6.45) is 10.8. The van der Waals surface area contributed by atoms with Crippen molar-refractivity contribution in [2.75, 3.05) is 0 Å². The van der Waals surface area contributed by atoms with E-state index in [1.165, 1.54) is 49.8 Å². The molecular weight excluding hydrogens is 422 g/mol. The van der Waals surface area contributed by atoms with Crippen LogP contribution in [0.3, 0.4) is 0 Å². The molecule has 0 saturated heterocycles. The first-order valence-corrected chi connectivity index (χ1v) is 11.7. The van der Waals surface area contributed by atoms with E-state index in [1.807, 2.05) is 12.1 Å². The molecule has 4 rings (SSSR count). The molecular formula is C29H27ClF2. The summed E-state index contributed by atoms with van der Waals surface area (Å²) >= 11 is 5.62. The van der Waals surface area contributed by atoms with Gasteiger partial charge in [0.25, 0.3) is 0 Å². The van der Waals surface area contributed by atoms with E-state index >= 15 is 0 Å². The third-order valence-corrected chi connectivity index (χ3v) is 6.91. The lowest BCUT2D eigenvalue weighted by molar-refractivity contribution is 0.265. The Bertz CT molecular complexity index is 1180. The van der Waals surface area contributed by atoms with E-state index < -0.39 is 11.6 Å². The summed E-state index contributed by atoms with van der Waals surface area (Å²) in [5.74, 6) is 5.34. The smallest absolute Gasteiger partial charge is 0.178 e. The minimum absolute atomic E-state index is 0.00309. The highest BCUT2D eigenvalue weighted by atomic mass is 35.5. The Morgan fingerprint density at radius 1 is 0.906 bits per heavy atom. The van der Waals surface area contributed by atoms with Crippen molar-refractivity contribution in [3.8, 4) is 11.8 Å². The maximum absolute atomic E-state index is 14.1. The van der Waals surface area contributed by atoms with Gasteiger partial charge in [0.15, 0.2) is 11.6 Å². The fourth-order valence-corrected chi connectivity index (χ4v) is 4.86. The number of halogens is 3. The summed E-state index contributed by atoms with van der Waals surface area (Å²) in [7, 11) is 0. The van der Waals surface area contributed by atoms with Crippen LogP contribution < -0.4 is 0 Å². The predicted molar refractivity (Wildman–Crippen MR) is 130 cm³/mol. The molecule has 0 atom stereocenters. The van der Waals surface area contributed by atoms with Crippen molar-refractivity contribution in [2.24, 2.45) is 11.8 Å². The second kappa shape index (κ2) is 10.3. The Balaban J connectivity index is 1.47. The standard InChI is InChI=1S/C29H27ClF2/c1-2-4-20-7-9-21(10-8-20)11-12-22-13-17-26-23(5-3-6-25(26)19-22)14-15-24-16-18-27(30)29(32)28(24)31/h2-3,5-6,13,16-21H,1,4,7-12H2. The zero-order valence-corrected chi connectivity index (χ0v) is 18.9. The average Bonchev–Trinajstić information content (AvgIpc) is 2.81. The van der Waals surface area contributed by atoms with Gasteiger partial charge in [-0.25, -0.2) is 8.78 Å². The second-order valence-electron chi connectivity index (χ2n) is 8.78. The largest absolute Gasteiger partial charge is 0.202 e. The fourth-order valence-electron chi connectivity index (χ4n) is 4.72. The maximum atomic E-state index is 14.1. The molecule has 1 saturated carbocycles. The highest BCUT2D eigenvalue weighted by Crippen LogP contribution is 2.33. The number of benzene rings is 3. The summed E-state index contributed by atoms with van der Waals surface area (Å²) in [5, 5.41) is 1.89. The van der Waals surface area contributed by atoms with Crippen LogP contribution in [0.1, 0.15) is 55.2 Å². The van der Waals surface area contributed by atoms with Crippen molar-refractivity contribution in [1.29, 1.82) is 0 Å². The number of rotatable bonds is 5. The van der Waals surface area contributed by atoms with Crippen LogP contribution in [-0.2, 0) is 6.42 Å². The molecule has 1 fully saturated rings. The first kappa shape index (κ1) is 22.6. The van der Waals surface area contributed by atoms with Crippen LogP contribution in [0.2, 0.25) is 5.02 Å². The van der Waals surface area contributed by atoms with Gasteiger partial charge in [0.2, 0.25) is 0 Å². The molecule has 0 spiro atoms. The zero-order chi connectivity index (χ0) is 22.5. The van der Waals surface area contributed by atoms with E-state index in [2.05, 4.69) is 48.8 Å². The molecule has 1 aliphatic carbocycles. The predicted octanol–water partition coefficient (Wildman–Crippen LogP) is 8.49. The molecule has 0 radical (unpaired) electrons. The molecule has 3 aromatic rings. The molecule has 0 heterocycles. The molecule has 0 aromatic heterocycles. The van der Waals surface area contributed by atoms with Crippen molar-refractivity contribution >= 4 is 22.4 Å². The van der Waals surface area contributed by atoms with E-state index in [0.717, 1.165) is 41.0 Å². The van der Waals surface area contributed by atoms with Gasteiger partial charge in [-0.1, -0.05) is 72.7 Å². The topological polar surface area (TPSA) is 0 Å². The molecule has 0 nitrogen and oxygen atoms in total. The van der Waals surface area contributed by atoms with E-state index in [9.17, 15) is 8.78 Å². The first-order valence-electron chi connectivity index (χ1n) is 11.3. The minimum atomic E-state index is -1.06. The van der Waals surface area contributed by atoms with Crippen molar-refractivity contribution in [1.82, 2.24) is 0 Å². The van der Waals surface area contributed by atoms with Gasteiger partial charge in [-0.2, -0.15) is 0 Å². The second-order valence-corrected chi connectivity index (χ2v) is 9.19. The van der Waals surface area contributed by atoms with Crippen molar-refractivity contribution in [3.05, 3.63) is 94.5 Å². The quantitative estimate of drug-likeness (QED) is 0.208. The van der Waals surface area contributed by atoms with Gasteiger partial charge >= 0.3 is 0 Å². The molecule has 0 unspecified atom stereocenters. The van der Waals surface area contributed by atoms with Crippen LogP contribution in [0.15, 0.2) is 61.2 Å². The fraction of sp³-hybridized carbons (Fsp3) is 0.310. The van der Waals surface area contributed by atoms with Gasteiger partial charge in [0.1, 0.15) is 0 Å². The monoisotopic (exact) mass is 448 g/mol. The molecule has 1 aliphatic rings. The van der Waals surface area contributed by atoms with Crippen LogP contribution in [0.5, 0.6) is 0 Å². The molecule has 3 aromatic carbocycles. The maximum Gasteiger partial charge on any atom is 0.178 e. The van der Waals surface area contributed by atoms with Gasteiger partial charge in [-0.3, -0.25) is 0 Å². The molecule has 0 aliphatic heterocycles. The Morgan fingerprint density at radius 2 is 1.66 bits per heavy atom. The van der Waals surface area contributed by atoms with Crippen LogP contribution in [0.25, 0.3) is 10.8 Å². The van der Waals surface area contributed by atoms with Crippen LogP contribution >= 0.6 is 11.6 Å². The number of fused-ring (bicyclic) bond motifs is 1. The summed E-state index contributed by atoms with van der Waals surface area (Å²) < 4.78 is 27.8. The van der Waals surface area contributed by atoms with Gasteiger partial charge < -0.3 is 0 Å². The summed E-state index contributed by atoms with van der Waals surface area (Å²) in [6, 6.07) is 15.1. The molecule has 0 N–H and O–H groups in total. The van der Waals surface area contributed by atoms with Gasteiger partial charge in [0, 0.05) is 5.56 Å². The summed E-state index contributed by atoms with van der Waals surface area (Å²) in [6.45, 7) is 3.87. The summed E-state index contributed by atoms with van der Waals surface area (Å²) in [4.78, 5) is 0. The van der Waals surface area contributed by atoms with E-state index in [4.69, 9.17) is 11.6 Å². The molecule has 164 valence electrons. The van der Waals surface area contributed by atoms with Gasteiger partial charge in [-0.15, -0.1) is 6.58 Å². The van der Waals surface area contributed by atoms with Gasteiger partial charge in [-0.05, 0) is 78.5 Å². The van der Waals surface area contributed by atoms with Crippen LogP contribution in [0, 0.1) is 35.3 Å².